The van der Waals surface area contributed by atoms with Crippen LogP contribution in [0.3, 0.4) is 0 Å². The largest absolute Gasteiger partial charge is 0.337 e. The van der Waals surface area contributed by atoms with E-state index in [9.17, 15) is 9.59 Å². The first-order valence-electron chi connectivity index (χ1n) is 10.6. The van der Waals surface area contributed by atoms with Gasteiger partial charge < -0.3 is 4.90 Å². The van der Waals surface area contributed by atoms with Crippen molar-refractivity contribution < 1.29 is 9.59 Å². The van der Waals surface area contributed by atoms with Gasteiger partial charge in [0.1, 0.15) is 5.70 Å². The molecule has 2 amide bonds. The molecule has 4 rings (SSSR count). The van der Waals surface area contributed by atoms with Crippen molar-refractivity contribution in [2.24, 2.45) is 0 Å². The number of rotatable bonds is 7. The smallest absolute Gasteiger partial charge is 0.278 e. The molecule has 0 saturated carbocycles. The van der Waals surface area contributed by atoms with Gasteiger partial charge >= 0.3 is 0 Å². The standard InChI is InChI=1S/C27H26N2O2/c1-3-28(23-12-8-5-9-13-23)25-24(22-16-14-20(2)15-17-22)26(30)29(27(25)31)19-18-21-10-6-4-7-11-21/h4-17H,3,18-19H2,1-2H3. The van der Waals surface area contributed by atoms with Crippen molar-refractivity contribution in [1.29, 1.82) is 0 Å². The van der Waals surface area contributed by atoms with Crippen LogP contribution < -0.4 is 4.90 Å². The highest BCUT2D eigenvalue weighted by molar-refractivity contribution is 6.36. The Kier molecular flexibility index (Phi) is 5.99. The van der Waals surface area contributed by atoms with Crippen molar-refractivity contribution in [3.63, 3.8) is 0 Å². The number of likely N-dealkylation sites (N-methyl/N-ethyl adjacent to an activating group) is 1. The highest BCUT2D eigenvalue weighted by Gasteiger charge is 2.41. The van der Waals surface area contributed by atoms with E-state index in [0.717, 1.165) is 22.4 Å². The maximum absolute atomic E-state index is 13.6. The fourth-order valence-corrected chi connectivity index (χ4v) is 3.96. The lowest BCUT2D eigenvalue weighted by Crippen LogP contribution is -2.36. The van der Waals surface area contributed by atoms with Gasteiger partial charge in [-0.15, -0.1) is 0 Å². The third-order valence-electron chi connectivity index (χ3n) is 5.60. The lowest BCUT2D eigenvalue weighted by atomic mass is 10.0. The molecule has 0 atom stereocenters. The number of carbonyl (C=O) groups is 2. The fourth-order valence-electron chi connectivity index (χ4n) is 3.96. The van der Waals surface area contributed by atoms with Crippen LogP contribution in [0.1, 0.15) is 23.6 Å². The van der Waals surface area contributed by atoms with Crippen LogP contribution in [0.2, 0.25) is 0 Å². The van der Waals surface area contributed by atoms with Gasteiger partial charge in [0.2, 0.25) is 0 Å². The van der Waals surface area contributed by atoms with E-state index in [0.29, 0.717) is 30.8 Å². The number of amides is 2. The van der Waals surface area contributed by atoms with E-state index in [4.69, 9.17) is 0 Å². The number of nitrogens with zero attached hydrogens (tertiary/aromatic N) is 2. The van der Waals surface area contributed by atoms with Crippen molar-refractivity contribution in [1.82, 2.24) is 4.90 Å². The zero-order valence-corrected chi connectivity index (χ0v) is 17.9. The number of imide groups is 1. The van der Waals surface area contributed by atoms with Crippen molar-refractivity contribution >= 4 is 23.1 Å². The molecule has 156 valence electrons. The highest BCUT2D eigenvalue weighted by atomic mass is 16.2. The Labute approximate surface area is 183 Å². The molecular formula is C27H26N2O2. The van der Waals surface area contributed by atoms with Crippen LogP contribution in [0, 0.1) is 6.92 Å². The number of anilines is 1. The Bertz CT molecular complexity index is 1100. The van der Waals surface area contributed by atoms with Crippen molar-refractivity contribution in [3.05, 3.63) is 107 Å². The number of aryl methyl sites for hydroxylation is 1. The summed E-state index contributed by atoms with van der Waals surface area (Å²) in [5.74, 6) is -0.462. The van der Waals surface area contributed by atoms with Gasteiger partial charge in [0, 0.05) is 18.8 Å². The second kappa shape index (κ2) is 9.00. The Hall–Kier alpha value is -3.66. The second-order valence-corrected chi connectivity index (χ2v) is 7.67. The van der Waals surface area contributed by atoms with Gasteiger partial charge in [0.05, 0.1) is 5.57 Å². The molecular weight excluding hydrogens is 384 g/mol. The Balaban J connectivity index is 1.75. The molecule has 3 aromatic rings. The Morgan fingerprint density at radius 2 is 1.39 bits per heavy atom. The van der Waals surface area contributed by atoms with Crippen molar-refractivity contribution in [2.75, 3.05) is 18.0 Å². The fraction of sp³-hybridized carbons (Fsp3) is 0.185. The summed E-state index contributed by atoms with van der Waals surface area (Å²) in [5.41, 5.74) is 4.81. The molecule has 0 fully saturated rings. The summed E-state index contributed by atoms with van der Waals surface area (Å²) in [6.07, 6.45) is 0.629. The average Bonchev–Trinajstić information content (AvgIpc) is 3.05. The van der Waals surface area contributed by atoms with E-state index in [2.05, 4.69) is 0 Å². The number of carbonyl (C=O) groups excluding carboxylic acids is 2. The maximum atomic E-state index is 13.6. The third kappa shape index (κ3) is 4.15. The second-order valence-electron chi connectivity index (χ2n) is 7.67. The summed E-state index contributed by atoms with van der Waals surface area (Å²) in [6, 6.07) is 27.5. The minimum atomic E-state index is -0.234. The normalized spacial score (nSPS) is 13.8. The molecule has 31 heavy (non-hydrogen) atoms. The van der Waals surface area contributed by atoms with E-state index < -0.39 is 0 Å². The first-order valence-corrected chi connectivity index (χ1v) is 10.6. The van der Waals surface area contributed by atoms with E-state index >= 15 is 0 Å². The molecule has 1 heterocycles. The van der Waals surface area contributed by atoms with Crippen LogP contribution >= 0.6 is 0 Å². The molecule has 1 aliphatic rings. The predicted molar refractivity (Wildman–Crippen MR) is 124 cm³/mol. The van der Waals surface area contributed by atoms with Crippen LogP contribution in [0.5, 0.6) is 0 Å². The molecule has 0 saturated heterocycles. The zero-order valence-electron chi connectivity index (χ0n) is 17.9. The molecule has 1 aliphatic heterocycles. The van der Waals surface area contributed by atoms with Gasteiger partial charge in [0.15, 0.2) is 0 Å². The van der Waals surface area contributed by atoms with Crippen LogP contribution in [0.4, 0.5) is 5.69 Å². The number of benzene rings is 3. The Morgan fingerprint density at radius 1 is 0.774 bits per heavy atom. The molecule has 4 heteroatoms. The Morgan fingerprint density at radius 3 is 2.00 bits per heavy atom. The molecule has 0 aliphatic carbocycles. The number of hydrogen-bond donors (Lipinski definition) is 0. The zero-order chi connectivity index (χ0) is 21.8. The predicted octanol–water partition coefficient (Wildman–Crippen LogP) is 4.84. The van der Waals surface area contributed by atoms with Crippen LogP contribution in [0.25, 0.3) is 5.57 Å². The average molecular weight is 411 g/mol. The van der Waals surface area contributed by atoms with E-state index in [1.165, 1.54) is 4.90 Å². The summed E-state index contributed by atoms with van der Waals surface area (Å²) in [4.78, 5) is 30.4. The third-order valence-corrected chi connectivity index (χ3v) is 5.60. The van der Waals surface area contributed by atoms with Gasteiger partial charge in [-0.1, -0.05) is 78.4 Å². The summed E-state index contributed by atoms with van der Waals surface area (Å²) in [5, 5.41) is 0. The molecule has 3 aromatic carbocycles. The van der Waals surface area contributed by atoms with Crippen LogP contribution in [-0.4, -0.2) is 29.8 Å². The molecule has 0 radical (unpaired) electrons. The first-order chi connectivity index (χ1) is 15.1. The van der Waals surface area contributed by atoms with Crippen molar-refractivity contribution in [2.45, 2.75) is 20.3 Å². The SMILES string of the molecule is CCN(C1=C(c2ccc(C)cc2)C(=O)N(CCc2ccccc2)C1=O)c1ccccc1. The highest BCUT2D eigenvalue weighted by Crippen LogP contribution is 2.34. The molecule has 0 aromatic heterocycles. The van der Waals surface area contributed by atoms with E-state index in [-0.39, 0.29) is 11.8 Å². The number of para-hydroxylation sites is 1. The molecule has 0 N–H and O–H groups in total. The van der Waals surface area contributed by atoms with E-state index in [1.807, 2.05) is 104 Å². The maximum Gasteiger partial charge on any atom is 0.278 e. The molecule has 4 nitrogen and oxygen atoms in total. The van der Waals surface area contributed by atoms with Crippen LogP contribution in [0.15, 0.2) is 90.6 Å². The summed E-state index contributed by atoms with van der Waals surface area (Å²) in [6.45, 7) is 4.94. The lowest BCUT2D eigenvalue weighted by molar-refractivity contribution is -0.136. The van der Waals surface area contributed by atoms with E-state index in [1.54, 1.807) is 0 Å². The lowest BCUT2D eigenvalue weighted by Gasteiger charge is -2.25. The van der Waals surface area contributed by atoms with Gasteiger partial charge in [-0.2, -0.15) is 0 Å². The van der Waals surface area contributed by atoms with Gasteiger partial charge in [-0.25, -0.2) is 0 Å². The minimum Gasteiger partial charge on any atom is -0.337 e. The van der Waals surface area contributed by atoms with Gasteiger partial charge in [-0.05, 0) is 43.5 Å². The topological polar surface area (TPSA) is 40.6 Å². The number of hydrogen-bond acceptors (Lipinski definition) is 3. The molecule has 0 spiro atoms. The quantitative estimate of drug-likeness (QED) is 0.523. The van der Waals surface area contributed by atoms with Gasteiger partial charge in [0.25, 0.3) is 11.8 Å². The first kappa shape index (κ1) is 20.6. The van der Waals surface area contributed by atoms with Crippen molar-refractivity contribution in [3.8, 4) is 0 Å². The molecule has 0 unspecified atom stereocenters. The monoisotopic (exact) mass is 410 g/mol. The van der Waals surface area contributed by atoms with Gasteiger partial charge in [-0.3, -0.25) is 14.5 Å². The summed E-state index contributed by atoms with van der Waals surface area (Å²) < 4.78 is 0. The summed E-state index contributed by atoms with van der Waals surface area (Å²) >= 11 is 0. The summed E-state index contributed by atoms with van der Waals surface area (Å²) in [7, 11) is 0. The molecule has 0 bridgehead atoms. The van der Waals surface area contributed by atoms with Crippen LogP contribution in [-0.2, 0) is 16.0 Å². The minimum absolute atomic E-state index is 0.228.